The molecule has 1 N–H and O–H groups in total. The molecule has 3 nitrogen and oxygen atoms in total. The maximum Gasteiger partial charge on any atom is 0.253 e. The number of hydrogen-bond acceptors (Lipinski definition) is 2. The molecular weight excluding hydrogens is 316 g/mol. The van der Waals surface area contributed by atoms with E-state index in [0.29, 0.717) is 5.56 Å². The Morgan fingerprint density at radius 1 is 1.10 bits per heavy atom. The number of nitrogens with one attached hydrogen (secondary N) is 1. The van der Waals surface area contributed by atoms with Crippen molar-refractivity contribution in [1.29, 1.82) is 0 Å². The number of benzene rings is 2. The fourth-order valence-electron chi connectivity index (χ4n) is 1.83. The Bertz CT molecular complexity index is 594. The van der Waals surface area contributed by atoms with Gasteiger partial charge in [0.2, 0.25) is 0 Å². The first-order chi connectivity index (χ1) is 9.58. The van der Waals surface area contributed by atoms with Gasteiger partial charge >= 0.3 is 0 Å². The number of anilines is 1. The topological polar surface area (TPSA) is 32.3 Å². The molecule has 0 fully saturated rings. The van der Waals surface area contributed by atoms with E-state index in [1.54, 1.807) is 19.0 Å². The Morgan fingerprint density at radius 2 is 1.75 bits per heavy atom. The molecule has 2 rings (SSSR count). The van der Waals surface area contributed by atoms with Crippen LogP contribution in [0, 0.1) is 0 Å². The van der Waals surface area contributed by atoms with E-state index in [0.717, 1.165) is 16.7 Å². The van der Waals surface area contributed by atoms with E-state index in [9.17, 15) is 4.79 Å². The molecule has 0 radical (unpaired) electrons. The maximum atomic E-state index is 11.8. The number of rotatable bonds is 4. The molecule has 0 aliphatic heterocycles. The van der Waals surface area contributed by atoms with E-state index in [4.69, 9.17) is 0 Å². The minimum Gasteiger partial charge on any atom is -0.381 e. The van der Waals surface area contributed by atoms with Gasteiger partial charge in [-0.05, 0) is 35.9 Å². The average Bonchev–Trinajstić information content (AvgIpc) is 2.46. The summed E-state index contributed by atoms with van der Waals surface area (Å²) in [6, 6.07) is 15.6. The molecule has 2 aromatic rings. The predicted molar refractivity (Wildman–Crippen MR) is 85.9 cm³/mol. The Labute approximate surface area is 127 Å². The summed E-state index contributed by atoms with van der Waals surface area (Å²) in [5.41, 5.74) is 2.89. The van der Waals surface area contributed by atoms with Gasteiger partial charge in [-0.15, -0.1) is 0 Å². The average molecular weight is 333 g/mol. The van der Waals surface area contributed by atoms with Gasteiger partial charge in [0, 0.05) is 36.4 Å². The lowest BCUT2D eigenvalue weighted by Crippen LogP contribution is -2.21. The van der Waals surface area contributed by atoms with Crippen LogP contribution >= 0.6 is 15.9 Å². The first kappa shape index (κ1) is 14.6. The molecule has 0 aliphatic rings. The van der Waals surface area contributed by atoms with Crippen LogP contribution in [0.15, 0.2) is 53.0 Å². The Balaban J connectivity index is 2.01. The quantitative estimate of drug-likeness (QED) is 0.924. The van der Waals surface area contributed by atoms with E-state index in [-0.39, 0.29) is 5.91 Å². The number of carbonyl (C=O) groups excluding carboxylic acids is 1. The monoisotopic (exact) mass is 332 g/mol. The van der Waals surface area contributed by atoms with Crippen molar-refractivity contribution in [2.45, 2.75) is 6.54 Å². The summed E-state index contributed by atoms with van der Waals surface area (Å²) < 4.78 is 1.09. The molecule has 0 aromatic heterocycles. The lowest BCUT2D eigenvalue weighted by Gasteiger charge is -2.11. The summed E-state index contributed by atoms with van der Waals surface area (Å²) >= 11 is 3.53. The number of carbonyl (C=O) groups is 1. The van der Waals surface area contributed by atoms with Gasteiger partial charge in [0.1, 0.15) is 0 Å². The molecule has 0 heterocycles. The van der Waals surface area contributed by atoms with Gasteiger partial charge in [-0.3, -0.25) is 4.79 Å². The van der Waals surface area contributed by atoms with E-state index in [1.807, 2.05) is 42.5 Å². The summed E-state index contributed by atoms with van der Waals surface area (Å²) in [6.07, 6.45) is 0. The molecule has 0 unspecified atom stereocenters. The molecule has 0 atom stereocenters. The highest BCUT2D eigenvalue weighted by molar-refractivity contribution is 9.10. The molecule has 1 amide bonds. The maximum absolute atomic E-state index is 11.8. The van der Waals surface area contributed by atoms with E-state index in [1.165, 1.54) is 5.56 Å². The van der Waals surface area contributed by atoms with Crippen molar-refractivity contribution < 1.29 is 4.79 Å². The Hall–Kier alpha value is -1.81. The molecule has 20 heavy (non-hydrogen) atoms. The highest BCUT2D eigenvalue weighted by Crippen LogP contribution is 2.18. The van der Waals surface area contributed by atoms with Crippen LogP contribution in [0.4, 0.5) is 5.69 Å². The Morgan fingerprint density at radius 3 is 2.35 bits per heavy atom. The second-order valence-corrected chi connectivity index (χ2v) is 5.58. The van der Waals surface area contributed by atoms with Crippen molar-refractivity contribution in [3.05, 3.63) is 64.1 Å². The Kier molecular flexibility index (Phi) is 4.79. The van der Waals surface area contributed by atoms with Gasteiger partial charge in [-0.2, -0.15) is 0 Å². The largest absolute Gasteiger partial charge is 0.381 e. The zero-order valence-electron chi connectivity index (χ0n) is 11.6. The predicted octanol–water partition coefficient (Wildman–Crippen LogP) is 3.76. The second-order valence-electron chi connectivity index (χ2n) is 4.72. The molecular formula is C16H17BrN2O. The normalized spacial score (nSPS) is 10.2. The van der Waals surface area contributed by atoms with E-state index in [2.05, 4.69) is 27.3 Å². The van der Waals surface area contributed by atoms with Gasteiger partial charge < -0.3 is 10.2 Å². The van der Waals surface area contributed by atoms with Crippen LogP contribution in [0.25, 0.3) is 0 Å². The summed E-state index contributed by atoms with van der Waals surface area (Å²) in [4.78, 5) is 13.4. The highest BCUT2D eigenvalue weighted by Gasteiger charge is 2.07. The van der Waals surface area contributed by atoms with Crippen molar-refractivity contribution in [2.24, 2.45) is 0 Å². The molecule has 104 valence electrons. The van der Waals surface area contributed by atoms with Crippen molar-refractivity contribution >= 4 is 27.5 Å². The van der Waals surface area contributed by atoms with Crippen molar-refractivity contribution in [3.63, 3.8) is 0 Å². The van der Waals surface area contributed by atoms with Crippen molar-refractivity contribution in [3.8, 4) is 0 Å². The molecule has 0 bridgehead atoms. The van der Waals surface area contributed by atoms with Gasteiger partial charge in [-0.25, -0.2) is 0 Å². The van der Waals surface area contributed by atoms with Crippen LogP contribution in [0.5, 0.6) is 0 Å². The molecule has 0 aliphatic carbocycles. The van der Waals surface area contributed by atoms with Crippen LogP contribution in [0.3, 0.4) is 0 Å². The molecule has 4 heteroatoms. The third-order valence-electron chi connectivity index (χ3n) is 2.98. The summed E-state index contributed by atoms with van der Waals surface area (Å²) in [7, 11) is 3.50. The van der Waals surface area contributed by atoms with Crippen LogP contribution < -0.4 is 5.32 Å². The van der Waals surface area contributed by atoms with Crippen LogP contribution in [0.2, 0.25) is 0 Å². The minimum absolute atomic E-state index is 0.0161. The molecule has 0 saturated heterocycles. The minimum atomic E-state index is 0.0161. The van der Waals surface area contributed by atoms with Crippen molar-refractivity contribution in [1.82, 2.24) is 4.90 Å². The van der Waals surface area contributed by atoms with Gasteiger partial charge in [0.25, 0.3) is 5.91 Å². The first-order valence-electron chi connectivity index (χ1n) is 6.37. The lowest BCUT2D eigenvalue weighted by atomic mass is 10.1. The molecule has 2 aromatic carbocycles. The van der Waals surface area contributed by atoms with Gasteiger partial charge in [-0.1, -0.05) is 34.1 Å². The number of nitrogens with zero attached hydrogens (tertiary/aromatic N) is 1. The number of amides is 1. The fourth-order valence-corrected chi connectivity index (χ4v) is 2.25. The standard InChI is InChI=1S/C16H17BrN2O/c1-19(2)16(20)12-7-9-14(10-8-12)18-11-13-5-3-4-6-15(13)17/h3-10,18H,11H2,1-2H3. The van der Waals surface area contributed by atoms with Gasteiger partial charge in [0.05, 0.1) is 0 Å². The second kappa shape index (κ2) is 6.57. The van der Waals surface area contributed by atoms with Crippen LogP contribution in [-0.4, -0.2) is 24.9 Å². The van der Waals surface area contributed by atoms with E-state index >= 15 is 0 Å². The summed E-state index contributed by atoms with van der Waals surface area (Å²) in [5, 5.41) is 3.34. The fraction of sp³-hybridized carbons (Fsp3) is 0.188. The zero-order chi connectivity index (χ0) is 14.5. The van der Waals surface area contributed by atoms with E-state index < -0.39 is 0 Å². The third-order valence-corrected chi connectivity index (χ3v) is 3.75. The van der Waals surface area contributed by atoms with Crippen molar-refractivity contribution in [2.75, 3.05) is 19.4 Å². The highest BCUT2D eigenvalue weighted by atomic mass is 79.9. The SMILES string of the molecule is CN(C)C(=O)c1ccc(NCc2ccccc2Br)cc1. The summed E-state index contributed by atoms with van der Waals surface area (Å²) in [6.45, 7) is 0.738. The lowest BCUT2D eigenvalue weighted by molar-refractivity contribution is 0.0827. The smallest absolute Gasteiger partial charge is 0.253 e. The first-order valence-corrected chi connectivity index (χ1v) is 7.16. The zero-order valence-corrected chi connectivity index (χ0v) is 13.1. The third kappa shape index (κ3) is 3.61. The van der Waals surface area contributed by atoms with Crippen LogP contribution in [-0.2, 0) is 6.54 Å². The summed E-state index contributed by atoms with van der Waals surface area (Å²) in [5.74, 6) is 0.0161. The molecule has 0 saturated carbocycles. The number of hydrogen-bond donors (Lipinski definition) is 1. The van der Waals surface area contributed by atoms with Crippen LogP contribution in [0.1, 0.15) is 15.9 Å². The molecule has 0 spiro atoms. The number of halogens is 1. The van der Waals surface area contributed by atoms with Gasteiger partial charge in [0.15, 0.2) is 0 Å².